The van der Waals surface area contributed by atoms with E-state index in [9.17, 15) is 19.8 Å². The van der Waals surface area contributed by atoms with Crippen LogP contribution in [0.3, 0.4) is 0 Å². The number of rotatable bonds is 10. The van der Waals surface area contributed by atoms with Crippen molar-refractivity contribution in [1.29, 1.82) is 0 Å². The van der Waals surface area contributed by atoms with Crippen LogP contribution in [-0.2, 0) is 16.0 Å². The lowest BCUT2D eigenvalue weighted by Crippen LogP contribution is -2.30. The van der Waals surface area contributed by atoms with Crippen molar-refractivity contribution in [3.05, 3.63) is 41.7 Å². The Labute approximate surface area is 193 Å². The van der Waals surface area contributed by atoms with Gasteiger partial charge >= 0.3 is 5.97 Å². The van der Waals surface area contributed by atoms with Gasteiger partial charge in [0.2, 0.25) is 17.7 Å². The first-order chi connectivity index (χ1) is 16.0. The van der Waals surface area contributed by atoms with Crippen LogP contribution in [0.15, 0.2) is 30.6 Å². The van der Waals surface area contributed by atoms with Gasteiger partial charge < -0.3 is 20.4 Å². The van der Waals surface area contributed by atoms with Crippen LogP contribution < -0.4 is 10.2 Å². The van der Waals surface area contributed by atoms with Crippen LogP contribution in [0, 0.1) is 5.92 Å². The minimum absolute atomic E-state index is 0.0589. The predicted octanol–water partition coefficient (Wildman–Crippen LogP) is 2.33. The normalized spacial score (nSPS) is 19.6. The number of unbranched alkanes of at least 4 members (excludes halogenated alkanes) is 2. The molecule has 1 aliphatic heterocycles. The highest BCUT2D eigenvalue weighted by molar-refractivity contribution is 5.77. The second-order valence-electron chi connectivity index (χ2n) is 8.86. The van der Waals surface area contributed by atoms with E-state index in [0.29, 0.717) is 17.2 Å². The van der Waals surface area contributed by atoms with Crippen molar-refractivity contribution in [2.45, 2.75) is 57.4 Å². The molecule has 178 valence electrons. The smallest absolute Gasteiger partial charge is 0.334 e. The van der Waals surface area contributed by atoms with Crippen LogP contribution in [-0.4, -0.2) is 56.3 Å². The maximum atomic E-state index is 12.0. The van der Waals surface area contributed by atoms with Gasteiger partial charge in [-0.2, -0.15) is 0 Å². The fourth-order valence-electron chi connectivity index (χ4n) is 5.01. The van der Waals surface area contributed by atoms with Crippen LogP contribution in [0.2, 0.25) is 0 Å². The number of carbonyl (C=O) groups is 2. The summed E-state index contributed by atoms with van der Waals surface area (Å²) in [6, 6.07) is 5.07. The third-order valence-electron chi connectivity index (χ3n) is 6.67. The number of nitrogens with zero attached hydrogens (tertiary/aromatic N) is 3. The topological polar surface area (TPSA) is 117 Å². The summed E-state index contributed by atoms with van der Waals surface area (Å²) in [7, 11) is 0. The molecule has 1 amide bonds. The molecule has 0 radical (unpaired) electrons. The lowest BCUT2D eigenvalue weighted by molar-refractivity contribution is -0.145. The molecule has 2 unspecified atom stereocenters. The number of fused-ring (bicyclic) bond motifs is 3. The Balaban J connectivity index is 1.09. The van der Waals surface area contributed by atoms with Gasteiger partial charge in [0.25, 0.3) is 0 Å². The molecule has 9 nitrogen and oxygen atoms in total. The first-order valence-electron chi connectivity index (χ1n) is 11.8. The molecule has 0 saturated carbocycles. The average molecular weight is 457 g/mol. The Hall–Kier alpha value is -3.07. The van der Waals surface area contributed by atoms with Gasteiger partial charge in [-0.05, 0) is 68.3 Å². The Kier molecular flexibility index (Phi) is 7.49. The van der Waals surface area contributed by atoms with E-state index < -0.39 is 5.97 Å². The van der Waals surface area contributed by atoms with Crippen LogP contribution >= 0.6 is 0 Å². The molecular weight excluding hydrogens is 424 g/mol. The molecule has 9 heteroatoms. The quantitative estimate of drug-likeness (QED) is 0.470. The number of nitrogens with one attached hydrogen (secondary N) is 1. The molecular formula is C24H32N4O5. The molecule has 33 heavy (non-hydrogen) atoms. The van der Waals surface area contributed by atoms with Crippen molar-refractivity contribution in [3.63, 3.8) is 0 Å². The lowest BCUT2D eigenvalue weighted by atomic mass is 9.81. The number of aryl methyl sites for hydroxylation is 1. The molecule has 2 aromatic heterocycles. The number of pyridine rings is 1. The molecule has 1 aliphatic carbocycles. The summed E-state index contributed by atoms with van der Waals surface area (Å²) in [5.41, 5.74) is 2.85. The monoisotopic (exact) mass is 456 g/mol. The number of aromatic hydroxyl groups is 2. The summed E-state index contributed by atoms with van der Waals surface area (Å²) in [6.45, 7) is 2.33. The van der Waals surface area contributed by atoms with E-state index in [1.807, 2.05) is 6.20 Å². The second-order valence-corrected chi connectivity index (χ2v) is 8.86. The minimum atomic E-state index is -0.666. The number of amides is 1. The molecule has 2 aromatic rings. The van der Waals surface area contributed by atoms with E-state index >= 15 is 0 Å². The zero-order chi connectivity index (χ0) is 23.2. The largest absolute Gasteiger partial charge is 0.492 e. The molecule has 0 bridgehead atoms. The third-order valence-corrected chi connectivity index (χ3v) is 6.67. The van der Waals surface area contributed by atoms with Gasteiger partial charge in [-0.3, -0.25) is 14.7 Å². The fourth-order valence-corrected chi connectivity index (χ4v) is 5.01. The van der Waals surface area contributed by atoms with Crippen LogP contribution in [0.25, 0.3) is 0 Å². The minimum Gasteiger partial charge on any atom is -0.492 e. The van der Waals surface area contributed by atoms with Gasteiger partial charge in [-0.1, -0.05) is 6.42 Å². The number of aromatic nitrogens is 2. The van der Waals surface area contributed by atoms with Gasteiger partial charge in [0, 0.05) is 43.5 Å². The van der Waals surface area contributed by atoms with Crippen molar-refractivity contribution >= 4 is 11.9 Å². The summed E-state index contributed by atoms with van der Waals surface area (Å²) in [6.07, 6.45) is 10.8. The first-order valence-corrected chi connectivity index (χ1v) is 11.8. The maximum Gasteiger partial charge on any atom is 0.334 e. The van der Waals surface area contributed by atoms with Crippen LogP contribution in [0.4, 0.5) is 0 Å². The van der Waals surface area contributed by atoms with Crippen molar-refractivity contribution in [3.8, 4) is 11.8 Å². The summed E-state index contributed by atoms with van der Waals surface area (Å²) in [5.74, 6) is -0.773. The molecule has 1 fully saturated rings. The van der Waals surface area contributed by atoms with Crippen molar-refractivity contribution in [2.75, 3.05) is 19.6 Å². The second kappa shape index (κ2) is 10.7. The van der Waals surface area contributed by atoms with E-state index in [1.165, 1.54) is 36.1 Å². The molecule has 2 atom stereocenters. The Morgan fingerprint density at radius 1 is 1.09 bits per heavy atom. The summed E-state index contributed by atoms with van der Waals surface area (Å²) in [5, 5.41) is 21.6. The number of hydrogen-bond donors (Lipinski definition) is 3. The first kappa shape index (κ1) is 23.1. The molecule has 0 spiro atoms. The van der Waals surface area contributed by atoms with Crippen molar-refractivity contribution in [1.82, 2.24) is 19.9 Å². The summed E-state index contributed by atoms with van der Waals surface area (Å²) in [4.78, 5) is 35.6. The summed E-state index contributed by atoms with van der Waals surface area (Å²) < 4.78 is 0.634. The molecule has 3 heterocycles. The maximum absolute atomic E-state index is 12.0. The molecule has 1 saturated heterocycles. The van der Waals surface area contributed by atoms with Crippen LogP contribution in [0.1, 0.15) is 62.1 Å². The van der Waals surface area contributed by atoms with Gasteiger partial charge in [0.05, 0.1) is 6.42 Å². The zero-order valence-electron chi connectivity index (χ0n) is 18.8. The Bertz CT molecular complexity index is 956. The van der Waals surface area contributed by atoms with Crippen molar-refractivity contribution in [2.24, 2.45) is 5.92 Å². The molecule has 0 aromatic carbocycles. The Morgan fingerprint density at radius 2 is 1.91 bits per heavy atom. The van der Waals surface area contributed by atoms with E-state index in [1.54, 1.807) is 0 Å². The molecule has 3 N–H and O–H groups in total. The van der Waals surface area contributed by atoms with Gasteiger partial charge in [0.1, 0.15) is 0 Å². The number of likely N-dealkylation sites (tertiary alicyclic amines) is 1. The third kappa shape index (κ3) is 5.65. The van der Waals surface area contributed by atoms with E-state index in [4.69, 9.17) is 4.84 Å². The molecule has 2 aliphatic rings. The fraction of sp³-hybridized carbons (Fsp3) is 0.542. The van der Waals surface area contributed by atoms with E-state index in [0.717, 1.165) is 44.7 Å². The standard InChI is InChI=1S/C24H32N4O5/c29-20(26-13-10-23(32)33-28-21(30)7-8-22(28)31)4-2-1-3-14-27-15-11-18-6-5-17-9-12-25-16-19(17)24(18)27/h7-9,12,16,18,24,30-31H,1-6,10-11,13-15H2,(H,26,29). The van der Waals surface area contributed by atoms with E-state index in [2.05, 4.69) is 27.5 Å². The highest BCUT2D eigenvalue weighted by Crippen LogP contribution is 2.44. The zero-order valence-corrected chi connectivity index (χ0v) is 18.8. The highest BCUT2D eigenvalue weighted by Gasteiger charge is 2.38. The highest BCUT2D eigenvalue weighted by atomic mass is 16.7. The Morgan fingerprint density at radius 3 is 2.73 bits per heavy atom. The van der Waals surface area contributed by atoms with Crippen molar-refractivity contribution < 1.29 is 24.6 Å². The van der Waals surface area contributed by atoms with Crippen LogP contribution in [0.5, 0.6) is 11.8 Å². The number of carbonyl (C=O) groups excluding carboxylic acids is 2. The van der Waals surface area contributed by atoms with Gasteiger partial charge in [-0.25, -0.2) is 4.79 Å². The number of hydrogen-bond acceptors (Lipinski definition) is 7. The molecule has 4 rings (SSSR count). The average Bonchev–Trinajstić information content (AvgIpc) is 3.37. The van der Waals surface area contributed by atoms with E-state index in [-0.39, 0.29) is 30.6 Å². The SMILES string of the molecule is O=C(CCCCCN1CCC2CCc3ccncc3C21)NCCC(=O)On1c(O)ccc1O. The lowest BCUT2D eigenvalue weighted by Gasteiger charge is -2.33. The summed E-state index contributed by atoms with van der Waals surface area (Å²) >= 11 is 0. The predicted molar refractivity (Wildman–Crippen MR) is 120 cm³/mol. The van der Waals surface area contributed by atoms with Gasteiger partial charge in [0.15, 0.2) is 0 Å². The van der Waals surface area contributed by atoms with Gasteiger partial charge in [-0.15, -0.1) is 4.73 Å².